The van der Waals surface area contributed by atoms with Crippen LogP contribution in [-0.2, 0) is 4.74 Å². The van der Waals surface area contributed by atoms with Gasteiger partial charge in [0, 0.05) is 18.2 Å². The summed E-state index contributed by atoms with van der Waals surface area (Å²) in [5.74, 6) is 0. The van der Waals surface area contributed by atoms with Crippen molar-refractivity contribution in [1.29, 1.82) is 0 Å². The number of aromatic nitrogens is 1. The minimum atomic E-state index is 0.276. The average Bonchev–Trinajstić information content (AvgIpc) is 2.69. The van der Waals surface area contributed by atoms with E-state index < -0.39 is 0 Å². The summed E-state index contributed by atoms with van der Waals surface area (Å²) in [5, 5.41) is 2.66. The van der Waals surface area contributed by atoms with Crippen LogP contribution in [0.1, 0.15) is 19.3 Å². The van der Waals surface area contributed by atoms with E-state index in [9.17, 15) is 0 Å². The summed E-state index contributed by atoms with van der Waals surface area (Å²) in [6.07, 6.45) is 5.59. The monoisotopic (exact) mass is 199 g/mol. The van der Waals surface area contributed by atoms with Crippen LogP contribution in [0, 0.1) is 0 Å². The van der Waals surface area contributed by atoms with Gasteiger partial charge in [0.15, 0.2) is 0 Å². The Kier molecular flexibility index (Phi) is 3.16. The Morgan fingerprint density at radius 2 is 2.62 bits per heavy atom. The number of nitrogens with zero attached hydrogens (tertiary/aromatic N) is 1. The summed E-state index contributed by atoms with van der Waals surface area (Å²) in [5.41, 5.74) is 0. The van der Waals surface area contributed by atoms with E-state index in [1.165, 1.54) is 24.2 Å². The molecule has 1 atom stereocenters. The van der Waals surface area contributed by atoms with Crippen molar-refractivity contribution in [2.75, 3.05) is 13.2 Å². The van der Waals surface area contributed by atoms with Crippen LogP contribution < -0.4 is 4.74 Å². The predicted molar refractivity (Wildman–Crippen MR) is 51.2 cm³/mol. The lowest BCUT2D eigenvalue weighted by atomic mass is 10.1. The highest BCUT2D eigenvalue weighted by Crippen LogP contribution is 2.17. The molecule has 72 valence electrons. The zero-order valence-corrected chi connectivity index (χ0v) is 8.26. The molecule has 1 aliphatic rings. The third-order valence-electron chi connectivity index (χ3n) is 2.08. The van der Waals surface area contributed by atoms with E-state index in [4.69, 9.17) is 9.47 Å². The van der Waals surface area contributed by atoms with Gasteiger partial charge in [-0.1, -0.05) is 11.3 Å². The lowest BCUT2D eigenvalue weighted by molar-refractivity contribution is -0.0111. The molecule has 13 heavy (non-hydrogen) atoms. The summed E-state index contributed by atoms with van der Waals surface area (Å²) in [6, 6.07) is 0. The van der Waals surface area contributed by atoms with Gasteiger partial charge < -0.3 is 9.47 Å². The average molecular weight is 199 g/mol. The Bertz CT molecular complexity index is 232. The molecule has 0 saturated carbocycles. The quantitative estimate of drug-likeness (QED) is 0.747. The lowest BCUT2D eigenvalue weighted by Gasteiger charge is -2.21. The second kappa shape index (κ2) is 4.58. The summed E-state index contributed by atoms with van der Waals surface area (Å²) < 4.78 is 11.0. The van der Waals surface area contributed by atoms with E-state index in [1.807, 2.05) is 5.38 Å². The molecular weight excluding hydrogens is 186 g/mol. The minimum Gasteiger partial charge on any atom is -0.467 e. The van der Waals surface area contributed by atoms with Gasteiger partial charge in [-0.05, 0) is 19.3 Å². The minimum absolute atomic E-state index is 0.276. The SMILES string of the molecule is c1csc(OCC2CCCCO2)n1. The molecule has 1 aromatic heterocycles. The summed E-state index contributed by atoms with van der Waals surface area (Å²) >= 11 is 1.52. The van der Waals surface area contributed by atoms with Crippen LogP contribution in [0.15, 0.2) is 11.6 Å². The molecule has 0 spiro atoms. The van der Waals surface area contributed by atoms with Crippen molar-refractivity contribution in [3.63, 3.8) is 0 Å². The zero-order valence-electron chi connectivity index (χ0n) is 7.44. The second-order valence-corrected chi connectivity index (χ2v) is 3.95. The van der Waals surface area contributed by atoms with Gasteiger partial charge in [0.05, 0.1) is 6.10 Å². The Balaban J connectivity index is 1.72. The molecule has 0 bridgehead atoms. The molecule has 4 heteroatoms. The summed E-state index contributed by atoms with van der Waals surface area (Å²) in [7, 11) is 0. The molecule has 0 amide bonds. The molecule has 0 aliphatic carbocycles. The first-order chi connectivity index (χ1) is 6.45. The van der Waals surface area contributed by atoms with Crippen molar-refractivity contribution < 1.29 is 9.47 Å². The van der Waals surface area contributed by atoms with Crippen LogP contribution in [0.25, 0.3) is 0 Å². The van der Waals surface area contributed by atoms with Gasteiger partial charge in [0.2, 0.25) is 0 Å². The van der Waals surface area contributed by atoms with Gasteiger partial charge in [0.25, 0.3) is 5.19 Å². The Morgan fingerprint density at radius 3 is 3.31 bits per heavy atom. The molecule has 1 saturated heterocycles. The maximum Gasteiger partial charge on any atom is 0.273 e. The molecular formula is C9H13NO2S. The maximum absolute atomic E-state index is 5.53. The predicted octanol–water partition coefficient (Wildman–Crippen LogP) is 2.09. The standard InChI is InChI=1S/C9H13NO2S/c1-2-5-11-8(3-1)7-12-9-10-4-6-13-9/h4,6,8H,1-3,5,7H2. The lowest BCUT2D eigenvalue weighted by Crippen LogP contribution is -2.25. The highest BCUT2D eigenvalue weighted by Gasteiger charge is 2.14. The third kappa shape index (κ3) is 2.67. The normalized spacial score (nSPS) is 22.9. The molecule has 1 fully saturated rings. The van der Waals surface area contributed by atoms with Crippen LogP contribution in [0.4, 0.5) is 0 Å². The number of hydrogen-bond donors (Lipinski definition) is 0. The second-order valence-electron chi connectivity index (χ2n) is 3.10. The Hall–Kier alpha value is -0.610. The van der Waals surface area contributed by atoms with Gasteiger partial charge in [-0.2, -0.15) is 0 Å². The molecule has 2 heterocycles. The number of rotatable bonds is 3. The van der Waals surface area contributed by atoms with Crippen molar-refractivity contribution >= 4 is 11.3 Å². The van der Waals surface area contributed by atoms with Gasteiger partial charge in [-0.25, -0.2) is 4.98 Å². The summed E-state index contributed by atoms with van der Waals surface area (Å²) in [6.45, 7) is 1.53. The van der Waals surface area contributed by atoms with Crippen LogP contribution in [0.5, 0.6) is 5.19 Å². The molecule has 1 aliphatic heterocycles. The molecule has 1 aromatic rings. The van der Waals surface area contributed by atoms with Crippen LogP contribution in [0.3, 0.4) is 0 Å². The van der Waals surface area contributed by atoms with Gasteiger partial charge in [0.1, 0.15) is 6.61 Å². The maximum atomic E-state index is 5.53. The van der Waals surface area contributed by atoms with Crippen LogP contribution in [0.2, 0.25) is 0 Å². The molecule has 0 N–H and O–H groups in total. The van der Waals surface area contributed by atoms with E-state index in [-0.39, 0.29) is 6.10 Å². The van der Waals surface area contributed by atoms with Gasteiger partial charge in [-0.3, -0.25) is 0 Å². The van der Waals surface area contributed by atoms with E-state index >= 15 is 0 Å². The van der Waals surface area contributed by atoms with Crippen molar-refractivity contribution in [3.8, 4) is 5.19 Å². The van der Waals surface area contributed by atoms with E-state index in [0.717, 1.165) is 18.2 Å². The van der Waals surface area contributed by atoms with Crippen molar-refractivity contribution in [3.05, 3.63) is 11.6 Å². The molecule has 3 nitrogen and oxygen atoms in total. The van der Waals surface area contributed by atoms with E-state index in [0.29, 0.717) is 6.61 Å². The smallest absolute Gasteiger partial charge is 0.273 e. The zero-order chi connectivity index (χ0) is 8.93. The van der Waals surface area contributed by atoms with Crippen LogP contribution in [-0.4, -0.2) is 24.3 Å². The van der Waals surface area contributed by atoms with Gasteiger partial charge >= 0.3 is 0 Å². The fourth-order valence-electron chi connectivity index (χ4n) is 1.38. The van der Waals surface area contributed by atoms with Crippen molar-refractivity contribution in [1.82, 2.24) is 4.98 Å². The van der Waals surface area contributed by atoms with Crippen molar-refractivity contribution in [2.45, 2.75) is 25.4 Å². The van der Waals surface area contributed by atoms with Crippen molar-refractivity contribution in [2.24, 2.45) is 0 Å². The molecule has 2 rings (SSSR count). The number of thiazole rings is 1. The fourth-order valence-corrected chi connectivity index (χ4v) is 1.88. The number of hydrogen-bond acceptors (Lipinski definition) is 4. The van der Waals surface area contributed by atoms with E-state index in [1.54, 1.807) is 6.20 Å². The molecule has 0 radical (unpaired) electrons. The van der Waals surface area contributed by atoms with E-state index in [2.05, 4.69) is 4.98 Å². The largest absolute Gasteiger partial charge is 0.467 e. The molecule has 1 unspecified atom stereocenters. The first kappa shape index (κ1) is 8.97. The third-order valence-corrected chi connectivity index (χ3v) is 2.76. The first-order valence-corrected chi connectivity index (χ1v) is 5.47. The Labute approximate surface area is 81.7 Å². The highest BCUT2D eigenvalue weighted by atomic mass is 32.1. The Morgan fingerprint density at radius 1 is 1.62 bits per heavy atom. The van der Waals surface area contributed by atoms with Crippen LogP contribution >= 0.6 is 11.3 Å². The molecule has 0 aromatic carbocycles. The number of ether oxygens (including phenoxy) is 2. The topological polar surface area (TPSA) is 31.4 Å². The highest BCUT2D eigenvalue weighted by molar-refractivity contribution is 7.11. The summed E-state index contributed by atoms with van der Waals surface area (Å²) in [4.78, 5) is 4.04. The fraction of sp³-hybridized carbons (Fsp3) is 0.667. The van der Waals surface area contributed by atoms with Gasteiger partial charge in [-0.15, -0.1) is 0 Å². The first-order valence-electron chi connectivity index (χ1n) is 4.59.